The monoisotopic (exact) mass is 367 g/mol. The molecule has 0 aliphatic carbocycles. The number of carbonyl (C=O) groups excluding carboxylic acids is 1. The van der Waals surface area contributed by atoms with Crippen molar-refractivity contribution in [3.63, 3.8) is 0 Å². The Morgan fingerprint density at radius 1 is 1.19 bits per heavy atom. The number of aromatic nitrogens is 2. The smallest absolute Gasteiger partial charge is 0.261 e. The maximum absolute atomic E-state index is 14.4. The molecule has 1 amide bonds. The molecule has 27 heavy (non-hydrogen) atoms. The van der Waals surface area contributed by atoms with Crippen molar-refractivity contribution in [1.82, 2.24) is 14.9 Å². The van der Waals surface area contributed by atoms with Crippen LogP contribution in [0.4, 0.5) is 4.39 Å². The summed E-state index contributed by atoms with van der Waals surface area (Å²) in [5.41, 5.74) is 1.46. The van der Waals surface area contributed by atoms with E-state index in [1.54, 1.807) is 49.1 Å². The number of halogens is 1. The Morgan fingerprint density at radius 3 is 2.52 bits per heavy atom. The molecule has 0 aliphatic rings. The van der Waals surface area contributed by atoms with Crippen molar-refractivity contribution in [1.29, 1.82) is 0 Å². The normalized spacial score (nSPS) is 13.0. The van der Waals surface area contributed by atoms with Gasteiger partial charge >= 0.3 is 0 Å². The lowest BCUT2D eigenvalue weighted by Gasteiger charge is -2.22. The highest BCUT2D eigenvalue weighted by Gasteiger charge is 2.26. The quantitative estimate of drug-likeness (QED) is 0.725. The molecule has 1 heterocycles. The van der Waals surface area contributed by atoms with Gasteiger partial charge in [0, 0.05) is 25.0 Å². The topological polar surface area (TPSA) is 56.1 Å². The number of aryl methyl sites for hydroxylation is 2. The van der Waals surface area contributed by atoms with Crippen LogP contribution in [0.5, 0.6) is 5.75 Å². The van der Waals surface area contributed by atoms with Crippen LogP contribution in [0.2, 0.25) is 0 Å². The number of rotatable bonds is 6. The van der Waals surface area contributed by atoms with Gasteiger partial charge in [-0.1, -0.05) is 35.9 Å². The predicted molar refractivity (Wildman–Crippen MR) is 101 cm³/mol. The first-order valence-electron chi connectivity index (χ1n) is 8.71. The van der Waals surface area contributed by atoms with E-state index in [1.165, 1.54) is 6.07 Å². The van der Waals surface area contributed by atoms with Crippen molar-refractivity contribution >= 4 is 5.91 Å². The molecule has 0 radical (unpaired) electrons. The van der Waals surface area contributed by atoms with Crippen LogP contribution in [0.1, 0.15) is 29.9 Å². The highest BCUT2D eigenvalue weighted by molar-refractivity contribution is 5.81. The molecule has 0 bridgehead atoms. The van der Waals surface area contributed by atoms with Gasteiger partial charge < -0.3 is 14.6 Å². The van der Waals surface area contributed by atoms with Gasteiger partial charge in [-0.25, -0.2) is 9.37 Å². The Morgan fingerprint density at radius 2 is 1.89 bits per heavy atom. The maximum atomic E-state index is 14.4. The van der Waals surface area contributed by atoms with Gasteiger partial charge in [0.2, 0.25) is 0 Å². The number of benzene rings is 2. The zero-order chi connectivity index (χ0) is 19.4. The van der Waals surface area contributed by atoms with Gasteiger partial charge in [0.15, 0.2) is 6.10 Å². The van der Waals surface area contributed by atoms with E-state index in [1.807, 2.05) is 31.2 Å². The lowest BCUT2D eigenvalue weighted by Crippen LogP contribution is -2.40. The van der Waals surface area contributed by atoms with Gasteiger partial charge in [-0.2, -0.15) is 0 Å². The number of ether oxygens (including phenoxy) is 1. The minimum absolute atomic E-state index is 0.350. The lowest BCUT2D eigenvalue weighted by molar-refractivity contribution is -0.127. The molecule has 0 unspecified atom stereocenters. The Kier molecular flexibility index (Phi) is 5.54. The molecule has 1 aromatic heterocycles. The third kappa shape index (κ3) is 4.34. The van der Waals surface area contributed by atoms with Gasteiger partial charge in [-0.15, -0.1) is 0 Å². The number of carbonyl (C=O) groups is 1. The van der Waals surface area contributed by atoms with Crippen LogP contribution in [0.25, 0.3) is 0 Å². The Labute approximate surface area is 157 Å². The average molecular weight is 367 g/mol. The molecule has 140 valence electrons. The summed E-state index contributed by atoms with van der Waals surface area (Å²) in [4.78, 5) is 17.0. The Balaban J connectivity index is 1.81. The molecule has 5 nitrogen and oxygen atoms in total. The third-order valence-electron chi connectivity index (χ3n) is 4.32. The van der Waals surface area contributed by atoms with Crippen LogP contribution in [-0.4, -0.2) is 21.6 Å². The van der Waals surface area contributed by atoms with Gasteiger partial charge in [-0.05, 0) is 32.0 Å². The number of nitrogens with one attached hydrogen (secondary N) is 1. The predicted octanol–water partition coefficient (Wildman–Crippen LogP) is 3.54. The van der Waals surface area contributed by atoms with Gasteiger partial charge in [0.05, 0.1) is 0 Å². The van der Waals surface area contributed by atoms with Crippen molar-refractivity contribution < 1.29 is 13.9 Å². The van der Waals surface area contributed by atoms with Gasteiger partial charge in [-0.3, -0.25) is 4.79 Å². The Hall–Kier alpha value is -3.15. The summed E-state index contributed by atoms with van der Waals surface area (Å²) in [6, 6.07) is 13.1. The summed E-state index contributed by atoms with van der Waals surface area (Å²) in [6.07, 6.45) is 2.62. The first-order valence-corrected chi connectivity index (χ1v) is 8.71. The maximum Gasteiger partial charge on any atom is 0.261 e. The fourth-order valence-corrected chi connectivity index (χ4v) is 2.78. The second-order valence-electron chi connectivity index (χ2n) is 6.43. The summed E-state index contributed by atoms with van der Waals surface area (Å²) in [5.74, 6) is 0.378. The molecular formula is C21H22FN3O2. The van der Waals surface area contributed by atoms with E-state index in [-0.39, 0.29) is 5.91 Å². The third-order valence-corrected chi connectivity index (χ3v) is 4.32. The minimum Gasteiger partial charge on any atom is -0.481 e. The molecule has 3 rings (SSSR count). The molecule has 0 fully saturated rings. The lowest BCUT2D eigenvalue weighted by atomic mass is 10.0. The summed E-state index contributed by atoms with van der Waals surface area (Å²) < 4.78 is 21.8. The molecule has 2 aromatic carbocycles. The molecule has 0 aliphatic heterocycles. The van der Waals surface area contributed by atoms with E-state index in [9.17, 15) is 9.18 Å². The van der Waals surface area contributed by atoms with Crippen molar-refractivity contribution in [3.05, 3.63) is 83.7 Å². The van der Waals surface area contributed by atoms with Gasteiger partial charge in [0.25, 0.3) is 5.91 Å². The molecule has 1 N–H and O–H groups in total. The number of hydrogen-bond donors (Lipinski definition) is 1. The van der Waals surface area contributed by atoms with Crippen molar-refractivity contribution in [3.8, 4) is 5.75 Å². The summed E-state index contributed by atoms with van der Waals surface area (Å²) in [7, 11) is 1.80. The molecule has 0 saturated carbocycles. The number of amides is 1. The van der Waals surface area contributed by atoms with Crippen molar-refractivity contribution in [2.75, 3.05) is 0 Å². The SMILES string of the molecule is Cc1ccc(O[C@H](C)C(=O)N[C@@H](c2ccccc2F)c2nccn2C)cc1. The zero-order valence-electron chi connectivity index (χ0n) is 15.5. The van der Waals surface area contributed by atoms with E-state index in [4.69, 9.17) is 4.74 Å². The second kappa shape index (κ2) is 8.03. The summed E-state index contributed by atoms with van der Waals surface area (Å²) in [6.45, 7) is 3.64. The molecule has 0 spiro atoms. The van der Waals surface area contributed by atoms with Crippen LogP contribution in [0, 0.1) is 12.7 Å². The van der Waals surface area contributed by atoms with E-state index < -0.39 is 18.0 Å². The highest BCUT2D eigenvalue weighted by atomic mass is 19.1. The minimum atomic E-state index is -0.748. The fourth-order valence-electron chi connectivity index (χ4n) is 2.78. The standard InChI is InChI=1S/C21H22FN3O2/c1-14-8-10-16(11-9-14)27-15(2)21(26)24-19(20-23-12-13-25(20)3)17-6-4-5-7-18(17)22/h4-13,15,19H,1-3H3,(H,24,26)/t15-,19+/m1/s1. The van der Waals surface area contributed by atoms with Crippen LogP contribution in [0.15, 0.2) is 60.9 Å². The molecule has 3 aromatic rings. The molecular weight excluding hydrogens is 345 g/mol. The number of hydrogen-bond acceptors (Lipinski definition) is 3. The fraction of sp³-hybridized carbons (Fsp3) is 0.238. The average Bonchev–Trinajstić information content (AvgIpc) is 3.08. The van der Waals surface area contributed by atoms with Crippen LogP contribution < -0.4 is 10.1 Å². The van der Waals surface area contributed by atoms with Crippen molar-refractivity contribution in [2.45, 2.75) is 26.0 Å². The molecule has 0 saturated heterocycles. The summed E-state index contributed by atoms with van der Waals surface area (Å²) >= 11 is 0. The van der Waals surface area contributed by atoms with Crippen molar-refractivity contribution in [2.24, 2.45) is 7.05 Å². The number of nitrogens with zero attached hydrogens (tertiary/aromatic N) is 2. The van der Waals surface area contributed by atoms with E-state index >= 15 is 0 Å². The zero-order valence-corrected chi connectivity index (χ0v) is 15.5. The van der Waals surface area contributed by atoms with Crippen LogP contribution in [-0.2, 0) is 11.8 Å². The van der Waals surface area contributed by atoms with E-state index in [2.05, 4.69) is 10.3 Å². The van der Waals surface area contributed by atoms with E-state index in [0.29, 0.717) is 17.1 Å². The highest BCUT2D eigenvalue weighted by Crippen LogP contribution is 2.23. The largest absolute Gasteiger partial charge is 0.481 e. The van der Waals surface area contributed by atoms with E-state index in [0.717, 1.165) is 5.56 Å². The summed E-state index contributed by atoms with van der Waals surface area (Å²) in [5, 5.41) is 2.86. The molecule has 6 heteroatoms. The first-order chi connectivity index (χ1) is 13.0. The van der Waals surface area contributed by atoms with Crippen LogP contribution >= 0.6 is 0 Å². The second-order valence-corrected chi connectivity index (χ2v) is 6.43. The van der Waals surface area contributed by atoms with Gasteiger partial charge in [0.1, 0.15) is 23.4 Å². The first kappa shape index (κ1) is 18.6. The Bertz CT molecular complexity index is 921. The van der Waals surface area contributed by atoms with Crippen LogP contribution in [0.3, 0.4) is 0 Å². The number of imidazole rings is 1. The molecule has 2 atom stereocenters.